The molecule has 1 aliphatic heterocycles. The van der Waals surface area contributed by atoms with E-state index >= 15 is 0 Å². The normalized spacial score (nSPS) is 17.5. The maximum atomic E-state index is 4.87. The van der Waals surface area contributed by atoms with Crippen molar-refractivity contribution in [3.05, 3.63) is 81.7 Å². The second-order valence-corrected chi connectivity index (χ2v) is 7.79. The fourth-order valence-electron chi connectivity index (χ4n) is 4.02. The average molecular weight is 360 g/mol. The van der Waals surface area contributed by atoms with Crippen LogP contribution in [0.2, 0.25) is 0 Å². The number of thiazole rings is 1. The maximum absolute atomic E-state index is 4.87. The quantitative estimate of drug-likeness (QED) is 0.586. The summed E-state index contributed by atoms with van der Waals surface area (Å²) in [5, 5.41) is 4.55. The minimum absolute atomic E-state index is 0.134. The zero-order valence-electron chi connectivity index (χ0n) is 14.6. The lowest BCUT2D eigenvalue weighted by molar-refractivity contribution is 0.198. The summed E-state index contributed by atoms with van der Waals surface area (Å²) < 4.78 is 0. The molecule has 26 heavy (non-hydrogen) atoms. The fraction of sp³-hybridized carbons (Fsp3) is 0.238. The zero-order valence-corrected chi connectivity index (χ0v) is 15.5. The Morgan fingerprint density at radius 2 is 2.12 bits per heavy atom. The monoisotopic (exact) mass is 360 g/mol. The highest BCUT2D eigenvalue weighted by Crippen LogP contribution is 2.38. The van der Waals surface area contributed by atoms with Crippen molar-refractivity contribution in [3.63, 3.8) is 0 Å². The molecular weight excluding hydrogens is 340 g/mol. The van der Waals surface area contributed by atoms with E-state index in [9.17, 15) is 0 Å². The van der Waals surface area contributed by atoms with Gasteiger partial charge in [-0.25, -0.2) is 4.98 Å². The van der Waals surface area contributed by atoms with Gasteiger partial charge in [0.25, 0.3) is 0 Å². The summed E-state index contributed by atoms with van der Waals surface area (Å²) >= 11 is 1.72. The van der Waals surface area contributed by atoms with E-state index in [0.29, 0.717) is 0 Å². The first-order valence-electron chi connectivity index (χ1n) is 8.95. The fourth-order valence-corrected chi connectivity index (χ4v) is 4.66. The summed E-state index contributed by atoms with van der Waals surface area (Å²) in [7, 11) is 0. The molecular formula is C21H20N4S. The molecule has 0 bridgehead atoms. The third kappa shape index (κ3) is 2.64. The van der Waals surface area contributed by atoms with Crippen molar-refractivity contribution < 1.29 is 0 Å². The van der Waals surface area contributed by atoms with E-state index in [4.69, 9.17) is 4.98 Å². The molecule has 1 N–H and O–H groups in total. The van der Waals surface area contributed by atoms with Gasteiger partial charge in [0.2, 0.25) is 0 Å². The summed E-state index contributed by atoms with van der Waals surface area (Å²) in [6.45, 7) is 3.92. The number of aryl methyl sites for hydroxylation is 1. The molecule has 0 amide bonds. The van der Waals surface area contributed by atoms with Gasteiger partial charge in [-0.2, -0.15) is 0 Å². The van der Waals surface area contributed by atoms with E-state index in [1.54, 1.807) is 11.3 Å². The Hall–Kier alpha value is -2.50. The topological polar surface area (TPSA) is 44.8 Å². The Bertz CT molecular complexity index is 1050. The van der Waals surface area contributed by atoms with Crippen molar-refractivity contribution in [1.82, 2.24) is 19.9 Å². The van der Waals surface area contributed by atoms with Crippen molar-refractivity contribution in [1.29, 1.82) is 0 Å². The number of H-pyrrole nitrogens is 1. The molecule has 4 nitrogen and oxygen atoms in total. The molecule has 0 aliphatic carbocycles. The van der Waals surface area contributed by atoms with Crippen molar-refractivity contribution in [3.8, 4) is 0 Å². The van der Waals surface area contributed by atoms with Crippen LogP contribution in [0.4, 0.5) is 0 Å². The number of pyridine rings is 1. The van der Waals surface area contributed by atoms with E-state index in [1.165, 1.54) is 22.2 Å². The van der Waals surface area contributed by atoms with Crippen LogP contribution in [0, 0.1) is 6.92 Å². The molecule has 1 aliphatic rings. The molecule has 0 saturated heterocycles. The molecule has 0 fully saturated rings. The molecule has 1 atom stereocenters. The molecule has 1 unspecified atom stereocenters. The van der Waals surface area contributed by atoms with E-state index in [0.717, 1.165) is 35.9 Å². The summed E-state index contributed by atoms with van der Waals surface area (Å²) in [5.41, 5.74) is 6.09. The van der Waals surface area contributed by atoms with Gasteiger partial charge in [0.1, 0.15) is 5.01 Å². The number of nitrogens with zero attached hydrogens (tertiary/aromatic N) is 3. The van der Waals surface area contributed by atoms with Crippen LogP contribution in [-0.2, 0) is 13.0 Å². The number of fused-ring (bicyclic) bond motifs is 3. The second kappa shape index (κ2) is 6.34. The number of hydrogen-bond acceptors (Lipinski definition) is 4. The summed E-state index contributed by atoms with van der Waals surface area (Å²) in [6.07, 6.45) is 2.94. The van der Waals surface area contributed by atoms with Crippen LogP contribution in [0.15, 0.2) is 54.0 Å². The van der Waals surface area contributed by atoms with Crippen LogP contribution in [-0.4, -0.2) is 26.4 Å². The molecule has 0 radical (unpaired) electrons. The van der Waals surface area contributed by atoms with Crippen molar-refractivity contribution in [2.45, 2.75) is 25.9 Å². The number of aromatic nitrogens is 3. The molecule has 0 saturated carbocycles. The van der Waals surface area contributed by atoms with Gasteiger partial charge in [-0.05, 0) is 37.1 Å². The van der Waals surface area contributed by atoms with E-state index in [-0.39, 0.29) is 6.04 Å². The third-order valence-corrected chi connectivity index (χ3v) is 5.91. The van der Waals surface area contributed by atoms with Gasteiger partial charge in [-0.15, -0.1) is 11.3 Å². The predicted molar refractivity (Wildman–Crippen MR) is 105 cm³/mol. The number of aromatic amines is 1. The second-order valence-electron chi connectivity index (χ2n) is 6.82. The van der Waals surface area contributed by atoms with Crippen molar-refractivity contribution in [2.75, 3.05) is 6.54 Å². The predicted octanol–water partition coefficient (Wildman–Crippen LogP) is 4.48. The number of rotatable bonds is 3. The lowest BCUT2D eigenvalue weighted by Gasteiger charge is -2.35. The minimum Gasteiger partial charge on any atom is -0.357 e. The maximum Gasteiger partial charge on any atom is 0.107 e. The zero-order chi connectivity index (χ0) is 17.5. The molecule has 4 heterocycles. The number of benzene rings is 1. The van der Waals surface area contributed by atoms with Gasteiger partial charge < -0.3 is 4.98 Å². The van der Waals surface area contributed by atoms with Crippen LogP contribution >= 0.6 is 11.3 Å². The standard InChI is InChI=1S/C21H20N4S/c1-14-5-4-8-18(23-14)21-20-16(15-6-2-3-7-17(15)24-20)9-11-25(21)13-19-22-10-12-26-19/h2-8,10,12,21,24H,9,11,13H2,1H3. The van der Waals surface area contributed by atoms with E-state index in [2.05, 4.69) is 64.3 Å². The van der Waals surface area contributed by atoms with Gasteiger partial charge >= 0.3 is 0 Å². The SMILES string of the molecule is Cc1cccc(C2c3[nH]c4ccccc4c3CCN2Cc2nccs2)n1. The first-order valence-corrected chi connectivity index (χ1v) is 9.83. The lowest BCUT2D eigenvalue weighted by Crippen LogP contribution is -2.36. The van der Waals surface area contributed by atoms with Crippen molar-refractivity contribution >= 4 is 22.2 Å². The number of hydrogen-bond donors (Lipinski definition) is 1. The molecule has 0 spiro atoms. The molecule has 3 aromatic heterocycles. The highest BCUT2D eigenvalue weighted by Gasteiger charge is 2.32. The highest BCUT2D eigenvalue weighted by molar-refractivity contribution is 7.09. The number of para-hydroxylation sites is 1. The summed E-state index contributed by atoms with van der Waals surface area (Å²) in [4.78, 5) is 15.6. The molecule has 5 heteroatoms. The molecule has 130 valence electrons. The Balaban J connectivity index is 1.65. The Morgan fingerprint density at radius 3 is 2.96 bits per heavy atom. The number of nitrogens with one attached hydrogen (secondary N) is 1. The average Bonchev–Trinajstić information content (AvgIpc) is 3.28. The largest absolute Gasteiger partial charge is 0.357 e. The minimum atomic E-state index is 0.134. The smallest absolute Gasteiger partial charge is 0.107 e. The molecule has 1 aromatic carbocycles. The Morgan fingerprint density at radius 1 is 1.19 bits per heavy atom. The van der Waals surface area contributed by atoms with E-state index in [1.807, 2.05) is 11.6 Å². The Kier molecular flexibility index (Phi) is 3.84. The first-order chi connectivity index (χ1) is 12.8. The van der Waals surface area contributed by atoms with E-state index < -0.39 is 0 Å². The Labute approximate surface area is 156 Å². The lowest BCUT2D eigenvalue weighted by atomic mass is 9.95. The van der Waals surface area contributed by atoms with Crippen LogP contribution in [0.25, 0.3) is 10.9 Å². The van der Waals surface area contributed by atoms with Gasteiger partial charge in [0.15, 0.2) is 0 Å². The van der Waals surface area contributed by atoms with Crippen molar-refractivity contribution in [2.24, 2.45) is 0 Å². The molecule has 5 rings (SSSR count). The first kappa shape index (κ1) is 15.7. The summed E-state index contributed by atoms with van der Waals surface area (Å²) in [5.74, 6) is 0. The van der Waals surface area contributed by atoms with Crippen LogP contribution < -0.4 is 0 Å². The van der Waals surface area contributed by atoms with Gasteiger partial charge in [-0.3, -0.25) is 9.88 Å². The molecule has 4 aromatic rings. The van der Waals surface area contributed by atoms with Gasteiger partial charge in [0.05, 0.1) is 18.3 Å². The highest BCUT2D eigenvalue weighted by atomic mass is 32.1. The third-order valence-electron chi connectivity index (χ3n) is 5.15. The summed E-state index contributed by atoms with van der Waals surface area (Å²) in [6, 6.07) is 15.1. The van der Waals surface area contributed by atoms with Crippen LogP contribution in [0.1, 0.15) is 33.7 Å². The van der Waals surface area contributed by atoms with Gasteiger partial charge in [-0.1, -0.05) is 24.3 Å². The van der Waals surface area contributed by atoms with Crippen LogP contribution in [0.3, 0.4) is 0 Å². The van der Waals surface area contributed by atoms with Crippen LogP contribution in [0.5, 0.6) is 0 Å². The van der Waals surface area contributed by atoms with Gasteiger partial charge in [0, 0.05) is 40.4 Å².